The molecule has 0 bridgehead atoms. The van der Waals surface area contributed by atoms with Crippen LogP contribution in [0, 0.1) is 0 Å². The smallest absolute Gasteiger partial charge is 0.119 e. The van der Waals surface area contributed by atoms with Gasteiger partial charge in [0.2, 0.25) is 0 Å². The molecule has 0 aliphatic heterocycles. The molecule has 108 valence electrons. The van der Waals surface area contributed by atoms with Crippen molar-refractivity contribution >= 4 is 12.4 Å². The number of hydrogen-bond donors (Lipinski definition) is 2. The average Bonchev–Trinajstić information content (AvgIpc) is 2.47. The van der Waals surface area contributed by atoms with Crippen LogP contribution >= 0.6 is 12.4 Å². The predicted octanol–water partition coefficient (Wildman–Crippen LogP) is 2.65. The molecule has 2 aromatic rings. The number of aliphatic hydroxyl groups is 1. The summed E-state index contributed by atoms with van der Waals surface area (Å²) in [6.45, 7) is 0.00336. The van der Waals surface area contributed by atoms with Crippen LogP contribution in [0.1, 0.15) is 5.56 Å². The van der Waals surface area contributed by atoms with E-state index in [2.05, 4.69) is 12.1 Å². The minimum absolute atomic E-state index is 0. The first kappa shape index (κ1) is 16.5. The Morgan fingerprint density at radius 3 is 2.40 bits per heavy atom. The molecule has 0 aliphatic rings. The van der Waals surface area contributed by atoms with Crippen molar-refractivity contribution in [2.75, 3.05) is 13.7 Å². The number of benzene rings is 2. The molecule has 0 spiro atoms. The zero-order valence-corrected chi connectivity index (χ0v) is 12.3. The van der Waals surface area contributed by atoms with Gasteiger partial charge in [-0.25, -0.2) is 0 Å². The molecule has 0 saturated heterocycles. The van der Waals surface area contributed by atoms with Crippen LogP contribution in [0.25, 0.3) is 11.1 Å². The van der Waals surface area contributed by atoms with Gasteiger partial charge in [0.05, 0.1) is 13.7 Å². The minimum atomic E-state index is -0.208. The van der Waals surface area contributed by atoms with E-state index in [-0.39, 0.29) is 25.1 Å². The van der Waals surface area contributed by atoms with E-state index in [0.717, 1.165) is 22.4 Å². The molecule has 3 nitrogen and oxygen atoms in total. The quantitative estimate of drug-likeness (QED) is 0.891. The van der Waals surface area contributed by atoms with Crippen LogP contribution in [0.5, 0.6) is 5.75 Å². The van der Waals surface area contributed by atoms with Gasteiger partial charge < -0.3 is 15.6 Å². The van der Waals surface area contributed by atoms with Crippen LogP contribution in [0.4, 0.5) is 0 Å². The molecule has 4 heteroatoms. The lowest BCUT2D eigenvalue weighted by molar-refractivity contribution is 0.265. The lowest BCUT2D eigenvalue weighted by Gasteiger charge is -2.10. The number of halogens is 1. The lowest BCUT2D eigenvalue weighted by atomic mass is 10.00. The fraction of sp³-hybridized carbons (Fsp3) is 0.250. The van der Waals surface area contributed by atoms with Gasteiger partial charge in [-0.1, -0.05) is 36.4 Å². The van der Waals surface area contributed by atoms with Crippen LogP contribution in [-0.2, 0) is 6.42 Å². The third-order valence-corrected chi connectivity index (χ3v) is 3.06. The number of aliphatic hydroxyl groups excluding tert-OH is 1. The highest BCUT2D eigenvalue weighted by molar-refractivity contribution is 5.85. The Morgan fingerprint density at radius 2 is 1.75 bits per heavy atom. The molecule has 0 aromatic heterocycles. The highest BCUT2D eigenvalue weighted by Crippen LogP contribution is 2.24. The van der Waals surface area contributed by atoms with Crippen LogP contribution in [-0.4, -0.2) is 24.9 Å². The molecule has 1 atom stereocenters. The van der Waals surface area contributed by atoms with Gasteiger partial charge in [-0.2, -0.15) is 0 Å². The summed E-state index contributed by atoms with van der Waals surface area (Å²) in [6.07, 6.45) is 0.675. The van der Waals surface area contributed by atoms with Crippen molar-refractivity contribution in [3.05, 3.63) is 54.1 Å². The Bertz CT molecular complexity index is 546. The highest BCUT2D eigenvalue weighted by atomic mass is 35.5. The van der Waals surface area contributed by atoms with E-state index in [1.165, 1.54) is 0 Å². The highest BCUT2D eigenvalue weighted by Gasteiger charge is 2.05. The lowest BCUT2D eigenvalue weighted by Crippen LogP contribution is -2.26. The summed E-state index contributed by atoms with van der Waals surface area (Å²) in [5.74, 6) is 0.843. The summed E-state index contributed by atoms with van der Waals surface area (Å²) in [6, 6.07) is 15.9. The third kappa shape index (κ3) is 4.23. The van der Waals surface area contributed by atoms with Crippen molar-refractivity contribution in [3.63, 3.8) is 0 Å². The second-order valence-electron chi connectivity index (χ2n) is 4.58. The molecule has 0 aliphatic carbocycles. The second-order valence-corrected chi connectivity index (χ2v) is 4.58. The number of rotatable bonds is 5. The molecule has 0 saturated carbocycles. The maximum Gasteiger partial charge on any atom is 0.119 e. The van der Waals surface area contributed by atoms with E-state index in [4.69, 9.17) is 15.6 Å². The Labute approximate surface area is 125 Å². The Morgan fingerprint density at radius 1 is 1.10 bits per heavy atom. The van der Waals surface area contributed by atoms with E-state index >= 15 is 0 Å². The van der Waals surface area contributed by atoms with Crippen LogP contribution in [0.3, 0.4) is 0 Å². The van der Waals surface area contributed by atoms with Crippen molar-refractivity contribution in [1.82, 2.24) is 0 Å². The van der Waals surface area contributed by atoms with Crippen LogP contribution in [0.15, 0.2) is 48.5 Å². The first-order valence-electron chi connectivity index (χ1n) is 6.32. The van der Waals surface area contributed by atoms with Crippen molar-refractivity contribution in [1.29, 1.82) is 0 Å². The van der Waals surface area contributed by atoms with Gasteiger partial charge in [0.15, 0.2) is 0 Å². The second kappa shape index (κ2) is 7.90. The van der Waals surface area contributed by atoms with Gasteiger partial charge in [-0.3, -0.25) is 0 Å². The summed E-state index contributed by atoms with van der Waals surface area (Å²) in [5.41, 5.74) is 9.13. The van der Waals surface area contributed by atoms with Gasteiger partial charge in [0.1, 0.15) is 5.75 Å². The summed E-state index contributed by atoms with van der Waals surface area (Å²) in [5, 5.41) is 9.01. The van der Waals surface area contributed by atoms with Crippen molar-refractivity contribution < 1.29 is 9.84 Å². The molecule has 0 fully saturated rings. The standard InChI is InChI=1S/C16H19NO2.ClH/c1-19-16-7-3-6-14(10-16)13-5-2-4-12(8-13)9-15(17)11-18;/h2-8,10,15,18H,9,11,17H2,1H3;1H. The number of methoxy groups -OCH3 is 1. The molecule has 20 heavy (non-hydrogen) atoms. The van der Waals surface area contributed by atoms with Gasteiger partial charge >= 0.3 is 0 Å². The molecular weight excluding hydrogens is 274 g/mol. The monoisotopic (exact) mass is 293 g/mol. The maximum atomic E-state index is 9.01. The Balaban J connectivity index is 0.00000200. The van der Waals surface area contributed by atoms with Crippen molar-refractivity contribution in [2.24, 2.45) is 5.73 Å². The van der Waals surface area contributed by atoms with Gasteiger partial charge in [-0.15, -0.1) is 12.4 Å². The number of nitrogens with two attached hydrogens (primary N) is 1. The van der Waals surface area contributed by atoms with Gasteiger partial charge in [-0.05, 0) is 35.2 Å². The largest absolute Gasteiger partial charge is 0.497 e. The molecular formula is C16H20ClNO2. The Kier molecular flexibility index (Phi) is 6.52. The summed E-state index contributed by atoms with van der Waals surface area (Å²) >= 11 is 0. The zero-order chi connectivity index (χ0) is 13.7. The SMILES string of the molecule is COc1cccc(-c2cccc(CC(N)CO)c2)c1.Cl. The number of ether oxygens (including phenoxy) is 1. The van der Waals surface area contributed by atoms with Crippen LogP contribution < -0.4 is 10.5 Å². The van der Waals surface area contributed by atoms with E-state index in [1.807, 2.05) is 36.4 Å². The first-order chi connectivity index (χ1) is 9.22. The molecule has 1 unspecified atom stereocenters. The maximum absolute atomic E-state index is 9.01. The first-order valence-corrected chi connectivity index (χ1v) is 6.32. The molecule has 0 amide bonds. The molecule has 0 radical (unpaired) electrons. The van der Waals surface area contributed by atoms with E-state index < -0.39 is 0 Å². The molecule has 0 heterocycles. The number of hydrogen-bond acceptors (Lipinski definition) is 3. The third-order valence-electron chi connectivity index (χ3n) is 3.06. The summed E-state index contributed by atoms with van der Waals surface area (Å²) in [7, 11) is 1.66. The average molecular weight is 294 g/mol. The van der Waals surface area contributed by atoms with Crippen molar-refractivity contribution in [3.8, 4) is 16.9 Å². The van der Waals surface area contributed by atoms with E-state index in [1.54, 1.807) is 7.11 Å². The summed E-state index contributed by atoms with van der Waals surface area (Å²) < 4.78 is 5.24. The predicted molar refractivity (Wildman–Crippen MR) is 84.4 cm³/mol. The van der Waals surface area contributed by atoms with E-state index in [9.17, 15) is 0 Å². The van der Waals surface area contributed by atoms with Crippen molar-refractivity contribution in [2.45, 2.75) is 12.5 Å². The zero-order valence-electron chi connectivity index (χ0n) is 11.5. The van der Waals surface area contributed by atoms with Gasteiger partial charge in [0.25, 0.3) is 0 Å². The minimum Gasteiger partial charge on any atom is -0.497 e. The fourth-order valence-electron chi connectivity index (χ4n) is 2.05. The van der Waals surface area contributed by atoms with Crippen LogP contribution in [0.2, 0.25) is 0 Å². The molecule has 2 rings (SSSR count). The van der Waals surface area contributed by atoms with E-state index in [0.29, 0.717) is 6.42 Å². The Hall–Kier alpha value is -1.55. The summed E-state index contributed by atoms with van der Waals surface area (Å²) in [4.78, 5) is 0. The topological polar surface area (TPSA) is 55.5 Å². The molecule has 2 aromatic carbocycles. The van der Waals surface area contributed by atoms with Gasteiger partial charge in [0, 0.05) is 6.04 Å². The molecule has 3 N–H and O–H groups in total. The fourth-order valence-corrected chi connectivity index (χ4v) is 2.05. The normalized spacial score (nSPS) is 11.6.